The second-order valence-corrected chi connectivity index (χ2v) is 13.0. The summed E-state index contributed by atoms with van der Waals surface area (Å²) in [6.07, 6.45) is -1.14. The van der Waals surface area contributed by atoms with Crippen LogP contribution in [0.15, 0.2) is 0 Å². The van der Waals surface area contributed by atoms with E-state index in [1.54, 1.807) is 0 Å². The minimum absolute atomic E-state index is 0.119. The van der Waals surface area contributed by atoms with Gasteiger partial charge in [-0.2, -0.15) is 0 Å². The van der Waals surface area contributed by atoms with Gasteiger partial charge in [0.05, 0.1) is 37.1 Å². The van der Waals surface area contributed by atoms with Gasteiger partial charge in [-0.1, -0.05) is 20.8 Å². The van der Waals surface area contributed by atoms with Gasteiger partial charge < -0.3 is 25.1 Å². The van der Waals surface area contributed by atoms with E-state index in [-0.39, 0.29) is 23.7 Å². The van der Waals surface area contributed by atoms with Gasteiger partial charge in [0.1, 0.15) is 0 Å². The van der Waals surface area contributed by atoms with Crippen molar-refractivity contribution in [2.24, 2.45) is 11.7 Å². The summed E-state index contributed by atoms with van der Waals surface area (Å²) in [7, 11) is -1.88. The van der Waals surface area contributed by atoms with E-state index < -0.39 is 26.1 Å². The number of hydrogen-bond donors (Lipinski definition) is 3. The normalized spacial score (nSPS) is 34.0. The standard InChI is InChI=1S/C15H33NO4Si/c1-14(2,3)21(6,7)19-9-11-12(16)13(18)10(8-17)15(4,5)20-11/h10-13,17-18H,8-9,16H2,1-7H3/t10-,11+,12-,13-/m0/s1. The molecule has 0 aliphatic carbocycles. The summed E-state index contributed by atoms with van der Waals surface area (Å²) in [6, 6.07) is -0.542. The van der Waals surface area contributed by atoms with E-state index in [4.69, 9.17) is 14.9 Å². The lowest BCUT2D eigenvalue weighted by Gasteiger charge is -2.49. The second kappa shape index (κ2) is 6.26. The molecular formula is C15H33NO4Si. The molecule has 1 fully saturated rings. The van der Waals surface area contributed by atoms with E-state index in [0.717, 1.165) is 0 Å². The average Bonchev–Trinajstić information content (AvgIpc) is 2.31. The first-order chi connectivity index (χ1) is 9.33. The molecule has 0 unspecified atom stereocenters. The van der Waals surface area contributed by atoms with Crippen molar-refractivity contribution in [2.45, 2.75) is 76.6 Å². The minimum atomic E-state index is -1.88. The summed E-state index contributed by atoms with van der Waals surface area (Å²) >= 11 is 0. The molecule has 21 heavy (non-hydrogen) atoms. The predicted molar refractivity (Wildman–Crippen MR) is 86.7 cm³/mol. The van der Waals surface area contributed by atoms with Crippen LogP contribution in [0.2, 0.25) is 18.1 Å². The van der Waals surface area contributed by atoms with Crippen molar-refractivity contribution in [1.82, 2.24) is 0 Å². The van der Waals surface area contributed by atoms with Crippen molar-refractivity contribution in [1.29, 1.82) is 0 Å². The van der Waals surface area contributed by atoms with E-state index in [2.05, 4.69) is 33.9 Å². The fourth-order valence-corrected chi connectivity index (χ4v) is 3.45. The topological polar surface area (TPSA) is 84.9 Å². The first-order valence-corrected chi connectivity index (χ1v) is 10.6. The maximum atomic E-state index is 10.3. The minimum Gasteiger partial charge on any atom is -0.414 e. The van der Waals surface area contributed by atoms with Crippen molar-refractivity contribution in [3.8, 4) is 0 Å². The van der Waals surface area contributed by atoms with E-state index in [1.165, 1.54) is 0 Å². The van der Waals surface area contributed by atoms with Crippen LogP contribution in [0.1, 0.15) is 34.6 Å². The van der Waals surface area contributed by atoms with Crippen LogP contribution >= 0.6 is 0 Å². The maximum absolute atomic E-state index is 10.3. The first-order valence-electron chi connectivity index (χ1n) is 7.70. The van der Waals surface area contributed by atoms with Crippen molar-refractivity contribution in [3.05, 3.63) is 0 Å². The summed E-state index contributed by atoms with van der Waals surface area (Å²) in [6.45, 7) is 14.9. The highest BCUT2D eigenvalue weighted by Gasteiger charge is 2.48. The Kier molecular flexibility index (Phi) is 5.68. The Morgan fingerprint density at radius 3 is 2.24 bits per heavy atom. The van der Waals surface area contributed by atoms with Crippen LogP contribution in [0.5, 0.6) is 0 Å². The molecule has 1 aliphatic heterocycles. The zero-order valence-electron chi connectivity index (χ0n) is 14.5. The van der Waals surface area contributed by atoms with Crippen LogP contribution in [0.4, 0.5) is 0 Å². The van der Waals surface area contributed by atoms with E-state index >= 15 is 0 Å². The molecule has 1 saturated heterocycles. The lowest BCUT2D eigenvalue weighted by atomic mass is 9.79. The third kappa shape index (κ3) is 4.06. The summed E-state index contributed by atoms with van der Waals surface area (Å²) in [5.41, 5.74) is 5.48. The second-order valence-electron chi connectivity index (χ2n) is 8.19. The number of aliphatic hydroxyl groups is 2. The Labute approximate surface area is 130 Å². The lowest BCUT2D eigenvalue weighted by Crippen LogP contribution is -2.64. The van der Waals surface area contributed by atoms with Crippen LogP contribution in [0.3, 0.4) is 0 Å². The van der Waals surface area contributed by atoms with Crippen LogP contribution in [-0.4, -0.2) is 55.6 Å². The molecule has 4 N–H and O–H groups in total. The summed E-state index contributed by atoms with van der Waals surface area (Å²) in [5, 5.41) is 19.9. The van der Waals surface area contributed by atoms with E-state index in [9.17, 15) is 10.2 Å². The van der Waals surface area contributed by atoms with Gasteiger partial charge in [0, 0.05) is 5.92 Å². The number of hydrogen-bond acceptors (Lipinski definition) is 5. The summed E-state index contributed by atoms with van der Waals surface area (Å²) in [4.78, 5) is 0. The number of ether oxygens (including phenoxy) is 1. The number of aliphatic hydroxyl groups excluding tert-OH is 2. The van der Waals surface area contributed by atoms with E-state index in [1.807, 2.05) is 13.8 Å². The molecule has 0 amide bonds. The highest BCUT2D eigenvalue weighted by Crippen LogP contribution is 2.38. The van der Waals surface area contributed by atoms with Crippen LogP contribution in [0, 0.1) is 5.92 Å². The molecular weight excluding hydrogens is 286 g/mol. The fourth-order valence-electron chi connectivity index (χ4n) is 2.44. The maximum Gasteiger partial charge on any atom is 0.192 e. The van der Waals surface area contributed by atoms with Crippen LogP contribution in [0.25, 0.3) is 0 Å². The van der Waals surface area contributed by atoms with Crippen LogP contribution in [-0.2, 0) is 9.16 Å². The lowest BCUT2D eigenvalue weighted by molar-refractivity contribution is -0.208. The Balaban J connectivity index is 2.77. The molecule has 6 heteroatoms. The molecule has 0 radical (unpaired) electrons. The number of nitrogens with two attached hydrogens (primary N) is 1. The molecule has 1 rings (SSSR count). The number of rotatable bonds is 4. The molecule has 126 valence electrons. The van der Waals surface area contributed by atoms with Gasteiger partial charge in [-0.15, -0.1) is 0 Å². The highest BCUT2D eigenvalue weighted by atomic mass is 28.4. The average molecular weight is 320 g/mol. The third-order valence-electron chi connectivity index (χ3n) is 5.20. The Morgan fingerprint density at radius 2 is 1.81 bits per heavy atom. The van der Waals surface area contributed by atoms with Crippen LogP contribution < -0.4 is 5.73 Å². The highest BCUT2D eigenvalue weighted by molar-refractivity contribution is 6.74. The molecule has 4 atom stereocenters. The molecule has 0 spiro atoms. The van der Waals surface area contributed by atoms with Crippen molar-refractivity contribution >= 4 is 8.32 Å². The van der Waals surface area contributed by atoms with Gasteiger partial charge >= 0.3 is 0 Å². The zero-order chi connectivity index (χ0) is 16.6. The van der Waals surface area contributed by atoms with Crippen molar-refractivity contribution in [3.63, 3.8) is 0 Å². The molecule has 1 aliphatic rings. The summed E-state index contributed by atoms with van der Waals surface area (Å²) < 4.78 is 12.2. The van der Waals surface area contributed by atoms with E-state index in [0.29, 0.717) is 6.61 Å². The monoisotopic (exact) mass is 319 g/mol. The molecule has 0 aromatic rings. The molecule has 5 nitrogen and oxygen atoms in total. The SMILES string of the molecule is CC1(C)O[C@H](CO[Si](C)(C)C(C)(C)C)[C@H](N)[C@@H](O)[C@@H]1CO. The zero-order valence-corrected chi connectivity index (χ0v) is 15.5. The fraction of sp³-hybridized carbons (Fsp3) is 1.00. The summed E-state index contributed by atoms with van der Waals surface area (Å²) in [5.74, 6) is -0.378. The Hall–Kier alpha value is 0.0169. The van der Waals surface area contributed by atoms with Gasteiger partial charge in [0.2, 0.25) is 0 Å². The molecule has 1 heterocycles. The molecule has 0 aromatic carbocycles. The third-order valence-corrected chi connectivity index (χ3v) is 9.70. The van der Waals surface area contributed by atoms with Crippen molar-refractivity contribution < 1.29 is 19.4 Å². The van der Waals surface area contributed by atoms with Gasteiger partial charge in [0.15, 0.2) is 8.32 Å². The van der Waals surface area contributed by atoms with Gasteiger partial charge in [-0.3, -0.25) is 0 Å². The smallest absolute Gasteiger partial charge is 0.192 e. The first kappa shape index (κ1) is 19.1. The molecule has 0 aromatic heterocycles. The molecule has 0 bridgehead atoms. The largest absolute Gasteiger partial charge is 0.414 e. The predicted octanol–water partition coefficient (Wildman–Crippen LogP) is 1.48. The van der Waals surface area contributed by atoms with Gasteiger partial charge in [-0.05, 0) is 32.0 Å². The quantitative estimate of drug-likeness (QED) is 0.684. The van der Waals surface area contributed by atoms with Crippen molar-refractivity contribution in [2.75, 3.05) is 13.2 Å². The van der Waals surface area contributed by atoms with Gasteiger partial charge in [0.25, 0.3) is 0 Å². The van der Waals surface area contributed by atoms with Gasteiger partial charge in [-0.25, -0.2) is 0 Å². The Bertz CT molecular complexity index is 354. The molecule has 0 saturated carbocycles. The Morgan fingerprint density at radius 1 is 1.29 bits per heavy atom.